The van der Waals surface area contributed by atoms with Crippen molar-refractivity contribution in [2.75, 3.05) is 26.8 Å². The van der Waals surface area contributed by atoms with E-state index in [0.717, 1.165) is 13.1 Å². The van der Waals surface area contributed by atoms with Gasteiger partial charge in [-0.3, -0.25) is 0 Å². The fraction of sp³-hybridized carbons (Fsp3) is 0.714. The predicted molar refractivity (Wildman–Crippen MR) is 38.6 cm³/mol. The second kappa shape index (κ2) is 7.66. The summed E-state index contributed by atoms with van der Waals surface area (Å²) >= 11 is 0. The number of ether oxygens (including phenoxy) is 1. The van der Waals surface area contributed by atoms with Crippen LogP contribution in [-0.4, -0.2) is 26.8 Å². The summed E-state index contributed by atoms with van der Waals surface area (Å²) in [5.74, 6) is 0. The lowest BCUT2D eigenvalue weighted by molar-refractivity contribution is 0.233. The maximum absolute atomic E-state index is 4.79. The zero-order chi connectivity index (χ0) is 6.95. The lowest BCUT2D eigenvalue weighted by Gasteiger charge is -1.89. The molecule has 0 aliphatic carbocycles. The van der Waals surface area contributed by atoms with Crippen molar-refractivity contribution >= 4 is 0 Å². The van der Waals surface area contributed by atoms with Gasteiger partial charge in [0.25, 0.3) is 0 Å². The molecule has 0 aromatic heterocycles. The maximum Gasteiger partial charge on any atom is 0.0644 e. The van der Waals surface area contributed by atoms with E-state index in [1.807, 2.05) is 19.1 Å². The Balaban J connectivity index is 2.86. The highest BCUT2D eigenvalue weighted by Gasteiger charge is 1.75. The molecule has 1 radical (unpaired) electrons. The summed E-state index contributed by atoms with van der Waals surface area (Å²) in [6.45, 7) is 4.45. The Labute approximate surface area is 56.9 Å². The van der Waals surface area contributed by atoms with E-state index in [4.69, 9.17) is 4.74 Å². The average molecular weight is 128 g/mol. The molecule has 0 atom stereocenters. The van der Waals surface area contributed by atoms with Gasteiger partial charge in [0.05, 0.1) is 6.61 Å². The van der Waals surface area contributed by atoms with Gasteiger partial charge in [-0.2, -0.15) is 0 Å². The predicted octanol–water partition coefficient (Wildman–Crippen LogP) is 0.813. The highest BCUT2D eigenvalue weighted by molar-refractivity contribution is 4.82. The molecule has 0 rings (SSSR count). The van der Waals surface area contributed by atoms with Crippen molar-refractivity contribution < 1.29 is 4.74 Å². The van der Waals surface area contributed by atoms with E-state index < -0.39 is 0 Å². The molecular formula is C7H14NO. The van der Waals surface area contributed by atoms with Gasteiger partial charge in [0.1, 0.15) is 0 Å². The zero-order valence-corrected chi connectivity index (χ0v) is 6.13. The monoisotopic (exact) mass is 128 g/mol. The van der Waals surface area contributed by atoms with Crippen molar-refractivity contribution in [2.24, 2.45) is 0 Å². The summed E-state index contributed by atoms with van der Waals surface area (Å²) in [6, 6.07) is 0. The van der Waals surface area contributed by atoms with Gasteiger partial charge < -0.3 is 4.74 Å². The summed E-state index contributed by atoms with van der Waals surface area (Å²) in [4.78, 5) is 0. The third kappa shape index (κ3) is 7.66. The Kier molecular flexibility index (Phi) is 7.37. The second-order valence-corrected chi connectivity index (χ2v) is 1.65. The van der Waals surface area contributed by atoms with Gasteiger partial charge in [0, 0.05) is 20.2 Å². The van der Waals surface area contributed by atoms with Crippen molar-refractivity contribution in [2.45, 2.75) is 6.92 Å². The van der Waals surface area contributed by atoms with Crippen LogP contribution in [0.3, 0.4) is 0 Å². The SMILES string of the molecule is CC[N]CC=CCOC. The highest BCUT2D eigenvalue weighted by atomic mass is 16.5. The molecule has 2 heteroatoms. The molecule has 0 aliphatic heterocycles. The van der Waals surface area contributed by atoms with Gasteiger partial charge in [-0.1, -0.05) is 19.1 Å². The van der Waals surface area contributed by atoms with Gasteiger partial charge in [0.15, 0.2) is 0 Å². The number of hydrogen-bond donors (Lipinski definition) is 0. The minimum Gasteiger partial charge on any atom is -0.381 e. The molecule has 0 saturated heterocycles. The van der Waals surface area contributed by atoms with Gasteiger partial charge in [-0.25, -0.2) is 5.32 Å². The first-order valence-electron chi connectivity index (χ1n) is 3.19. The van der Waals surface area contributed by atoms with E-state index in [2.05, 4.69) is 5.32 Å². The molecule has 0 aromatic carbocycles. The Morgan fingerprint density at radius 2 is 2.22 bits per heavy atom. The Hall–Kier alpha value is -0.340. The largest absolute Gasteiger partial charge is 0.381 e. The van der Waals surface area contributed by atoms with Crippen LogP contribution in [0.5, 0.6) is 0 Å². The van der Waals surface area contributed by atoms with E-state index in [0.29, 0.717) is 6.61 Å². The molecule has 0 saturated carbocycles. The molecule has 0 aromatic rings. The lowest BCUT2D eigenvalue weighted by atomic mass is 10.5. The van der Waals surface area contributed by atoms with Crippen LogP contribution in [0.25, 0.3) is 0 Å². The van der Waals surface area contributed by atoms with E-state index in [1.165, 1.54) is 0 Å². The summed E-state index contributed by atoms with van der Waals surface area (Å²) < 4.78 is 4.79. The normalized spacial score (nSPS) is 10.9. The maximum atomic E-state index is 4.79. The van der Waals surface area contributed by atoms with E-state index in [1.54, 1.807) is 7.11 Å². The van der Waals surface area contributed by atoms with E-state index in [-0.39, 0.29) is 0 Å². The fourth-order valence-electron chi connectivity index (χ4n) is 0.442. The minimum absolute atomic E-state index is 0.694. The van der Waals surface area contributed by atoms with E-state index in [9.17, 15) is 0 Å². The molecule has 2 nitrogen and oxygen atoms in total. The van der Waals surface area contributed by atoms with Crippen molar-refractivity contribution in [1.29, 1.82) is 0 Å². The lowest BCUT2D eigenvalue weighted by Crippen LogP contribution is -2.02. The second-order valence-electron chi connectivity index (χ2n) is 1.65. The van der Waals surface area contributed by atoms with Crippen LogP contribution in [0.2, 0.25) is 0 Å². The van der Waals surface area contributed by atoms with Crippen LogP contribution >= 0.6 is 0 Å². The van der Waals surface area contributed by atoms with Gasteiger partial charge in [-0.05, 0) is 0 Å². The molecule has 0 fully saturated rings. The first kappa shape index (κ1) is 8.66. The summed E-state index contributed by atoms with van der Waals surface area (Å²) in [5.41, 5.74) is 0. The molecule has 0 unspecified atom stereocenters. The number of nitrogens with zero attached hydrogens (tertiary/aromatic N) is 1. The van der Waals surface area contributed by atoms with Gasteiger partial charge in [0.2, 0.25) is 0 Å². The third-order valence-electron chi connectivity index (χ3n) is 0.888. The number of likely N-dealkylation sites (N-methyl/N-ethyl adjacent to an activating group) is 1. The van der Waals surface area contributed by atoms with Crippen LogP contribution in [0.15, 0.2) is 12.2 Å². The van der Waals surface area contributed by atoms with Crippen LogP contribution < -0.4 is 5.32 Å². The van der Waals surface area contributed by atoms with Crippen molar-refractivity contribution in [3.8, 4) is 0 Å². The van der Waals surface area contributed by atoms with Crippen molar-refractivity contribution in [1.82, 2.24) is 5.32 Å². The number of rotatable bonds is 5. The Morgan fingerprint density at radius 1 is 1.44 bits per heavy atom. The van der Waals surface area contributed by atoms with Gasteiger partial charge >= 0.3 is 0 Å². The minimum atomic E-state index is 0.694. The molecule has 0 bridgehead atoms. The van der Waals surface area contributed by atoms with Crippen LogP contribution in [0, 0.1) is 0 Å². The molecule has 53 valence electrons. The third-order valence-corrected chi connectivity index (χ3v) is 0.888. The molecule has 9 heavy (non-hydrogen) atoms. The first-order valence-corrected chi connectivity index (χ1v) is 3.19. The van der Waals surface area contributed by atoms with Gasteiger partial charge in [-0.15, -0.1) is 0 Å². The van der Waals surface area contributed by atoms with Crippen molar-refractivity contribution in [3.05, 3.63) is 12.2 Å². The highest BCUT2D eigenvalue weighted by Crippen LogP contribution is 1.72. The smallest absolute Gasteiger partial charge is 0.0644 e. The zero-order valence-electron chi connectivity index (χ0n) is 6.13. The topological polar surface area (TPSA) is 23.3 Å². The average Bonchev–Trinajstić information content (AvgIpc) is 1.89. The molecule has 0 heterocycles. The summed E-state index contributed by atoms with van der Waals surface area (Å²) in [5, 5.41) is 4.10. The first-order chi connectivity index (χ1) is 4.41. The molecular weight excluding hydrogens is 114 g/mol. The summed E-state index contributed by atoms with van der Waals surface area (Å²) in [7, 11) is 1.68. The van der Waals surface area contributed by atoms with Crippen molar-refractivity contribution in [3.63, 3.8) is 0 Å². The van der Waals surface area contributed by atoms with Crippen LogP contribution in [0.4, 0.5) is 0 Å². The molecule has 0 N–H and O–H groups in total. The van der Waals surface area contributed by atoms with Crippen LogP contribution in [0.1, 0.15) is 6.92 Å². The standard InChI is InChI=1S/C7H14NO/c1-3-8-6-4-5-7-9-2/h4-5H,3,6-7H2,1-2H3. The molecule has 0 spiro atoms. The Bertz CT molecular complexity index is 71.3. The van der Waals surface area contributed by atoms with Crippen LogP contribution in [-0.2, 0) is 4.74 Å². The number of methoxy groups -OCH3 is 1. The summed E-state index contributed by atoms with van der Waals surface area (Å²) in [6.07, 6.45) is 3.98. The quantitative estimate of drug-likeness (QED) is 0.397. The number of hydrogen-bond acceptors (Lipinski definition) is 1. The molecule has 0 aliphatic rings. The fourth-order valence-corrected chi connectivity index (χ4v) is 0.442. The van der Waals surface area contributed by atoms with E-state index >= 15 is 0 Å². The molecule has 0 amide bonds. The Morgan fingerprint density at radius 3 is 2.78 bits per heavy atom.